The van der Waals surface area contributed by atoms with E-state index in [2.05, 4.69) is 0 Å². The molecule has 2 rings (SSSR count). The van der Waals surface area contributed by atoms with E-state index in [0.717, 1.165) is 5.56 Å². The van der Waals surface area contributed by atoms with Crippen LogP contribution in [0.1, 0.15) is 18.1 Å². The minimum absolute atomic E-state index is 0.0502. The van der Waals surface area contributed by atoms with E-state index < -0.39 is 6.10 Å². The number of hydrogen-bond donors (Lipinski definition) is 2. The fraction of sp³-hybridized carbons (Fsp3) is 0.400. The van der Waals surface area contributed by atoms with Gasteiger partial charge in [-0.3, -0.25) is 0 Å². The van der Waals surface area contributed by atoms with Crippen molar-refractivity contribution < 1.29 is 14.9 Å². The van der Waals surface area contributed by atoms with Crippen LogP contribution in [-0.2, 0) is 0 Å². The number of hydrogen-bond acceptors (Lipinski definition) is 3. The van der Waals surface area contributed by atoms with E-state index in [4.69, 9.17) is 9.84 Å². The molecule has 1 aliphatic rings. The molecule has 2 atom stereocenters. The summed E-state index contributed by atoms with van der Waals surface area (Å²) in [5.74, 6) is 0.681. The molecule has 0 spiro atoms. The van der Waals surface area contributed by atoms with Crippen molar-refractivity contribution in [3.63, 3.8) is 0 Å². The number of ether oxygens (including phenoxy) is 1. The minimum atomic E-state index is -0.512. The van der Waals surface area contributed by atoms with Crippen LogP contribution in [0.15, 0.2) is 24.3 Å². The normalized spacial score (nSPS) is 26.3. The first-order valence-electron chi connectivity index (χ1n) is 4.36. The molecule has 70 valence electrons. The summed E-state index contributed by atoms with van der Waals surface area (Å²) in [6.45, 7) is -0.0502. The summed E-state index contributed by atoms with van der Waals surface area (Å²) in [6, 6.07) is 7.37. The zero-order chi connectivity index (χ0) is 9.26. The second kappa shape index (κ2) is 3.36. The topological polar surface area (TPSA) is 49.7 Å². The smallest absolute Gasteiger partial charge is 0.125 e. The van der Waals surface area contributed by atoms with Gasteiger partial charge < -0.3 is 14.9 Å². The Hall–Kier alpha value is -1.06. The predicted octanol–water partition coefficient (Wildman–Crippen LogP) is 0.863. The highest BCUT2D eigenvalue weighted by molar-refractivity contribution is 5.36. The average Bonchev–Trinajstić information content (AvgIpc) is 2.18. The fourth-order valence-electron chi connectivity index (χ4n) is 1.58. The first-order chi connectivity index (χ1) is 6.31. The van der Waals surface area contributed by atoms with Gasteiger partial charge >= 0.3 is 0 Å². The van der Waals surface area contributed by atoms with Crippen LogP contribution in [0, 0.1) is 0 Å². The lowest BCUT2D eigenvalue weighted by Gasteiger charge is -2.28. The molecule has 0 aromatic heterocycles. The van der Waals surface area contributed by atoms with Crippen molar-refractivity contribution in [3.8, 4) is 5.75 Å². The van der Waals surface area contributed by atoms with Crippen molar-refractivity contribution in [2.45, 2.75) is 18.6 Å². The molecular weight excluding hydrogens is 168 g/mol. The third kappa shape index (κ3) is 1.53. The van der Waals surface area contributed by atoms with Gasteiger partial charge in [-0.15, -0.1) is 0 Å². The van der Waals surface area contributed by atoms with Gasteiger partial charge in [0, 0.05) is 12.0 Å². The van der Waals surface area contributed by atoms with E-state index in [9.17, 15) is 5.11 Å². The number of rotatable bonds is 1. The second-order valence-electron chi connectivity index (χ2n) is 3.21. The lowest BCUT2D eigenvalue weighted by Crippen LogP contribution is -2.28. The first-order valence-corrected chi connectivity index (χ1v) is 4.36. The molecule has 0 saturated heterocycles. The van der Waals surface area contributed by atoms with Crippen LogP contribution in [0.25, 0.3) is 0 Å². The van der Waals surface area contributed by atoms with Crippen LogP contribution in [0.4, 0.5) is 0 Å². The van der Waals surface area contributed by atoms with Gasteiger partial charge in [-0.05, 0) is 6.07 Å². The molecule has 0 saturated carbocycles. The number of para-hydroxylation sites is 1. The average molecular weight is 180 g/mol. The Morgan fingerprint density at radius 2 is 2.15 bits per heavy atom. The number of fused-ring (bicyclic) bond motifs is 1. The van der Waals surface area contributed by atoms with Crippen molar-refractivity contribution in [3.05, 3.63) is 29.8 Å². The number of benzene rings is 1. The standard InChI is InChI=1S/C10H12O3/c11-6-7-5-9(12)8-3-1-2-4-10(8)13-7/h1-4,7,9,11-12H,5-6H2/t7?,9-/m1/s1. The number of aliphatic hydroxyl groups excluding tert-OH is 2. The van der Waals surface area contributed by atoms with Crippen molar-refractivity contribution in [1.82, 2.24) is 0 Å². The van der Waals surface area contributed by atoms with Crippen LogP contribution in [0.2, 0.25) is 0 Å². The summed E-state index contributed by atoms with van der Waals surface area (Å²) in [7, 11) is 0. The molecule has 1 aromatic rings. The maximum absolute atomic E-state index is 9.67. The summed E-state index contributed by atoms with van der Waals surface area (Å²) in [5, 5.41) is 18.6. The lowest BCUT2D eigenvalue weighted by molar-refractivity contribution is 0.0333. The number of aliphatic hydroxyl groups is 2. The molecule has 2 N–H and O–H groups in total. The summed E-state index contributed by atoms with van der Waals surface area (Å²) >= 11 is 0. The third-order valence-corrected chi connectivity index (χ3v) is 2.26. The van der Waals surface area contributed by atoms with E-state index >= 15 is 0 Å². The van der Waals surface area contributed by atoms with E-state index in [1.165, 1.54) is 0 Å². The molecule has 0 fully saturated rings. The van der Waals surface area contributed by atoms with Crippen LogP contribution < -0.4 is 4.74 Å². The van der Waals surface area contributed by atoms with Crippen LogP contribution in [0.3, 0.4) is 0 Å². The summed E-state index contributed by atoms with van der Waals surface area (Å²) in [5.41, 5.74) is 0.812. The largest absolute Gasteiger partial charge is 0.488 e. The molecule has 0 radical (unpaired) electrons. The van der Waals surface area contributed by atoms with Gasteiger partial charge in [0.2, 0.25) is 0 Å². The van der Waals surface area contributed by atoms with Gasteiger partial charge in [-0.25, -0.2) is 0 Å². The second-order valence-corrected chi connectivity index (χ2v) is 3.21. The maximum Gasteiger partial charge on any atom is 0.125 e. The predicted molar refractivity (Wildman–Crippen MR) is 47.5 cm³/mol. The van der Waals surface area contributed by atoms with E-state index in [1.807, 2.05) is 18.2 Å². The molecule has 1 aromatic carbocycles. The maximum atomic E-state index is 9.67. The van der Waals surface area contributed by atoms with Crippen LogP contribution >= 0.6 is 0 Å². The summed E-state index contributed by atoms with van der Waals surface area (Å²) in [4.78, 5) is 0. The SMILES string of the molecule is OCC1C[C@@H](O)c2ccccc2O1. The molecule has 3 heteroatoms. The molecule has 0 amide bonds. The summed E-state index contributed by atoms with van der Waals surface area (Å²) in [6.07, 6.45) is -0.319. The molecule has 0 bridgehead atoms. The Kier molecular flexibility index (Phi) is 2.20. The fourth-order valence-corrected chi connectivity index (χ4v) is 1.58. The van der Waals surface area contributed by atoms with E-state index in [0.29, 0.717) is 12.2 Å². The summed E-state index contributed by atoms with van der Waals surface area (Å²) < 4.78 is 5.44. The Balaban J connectivity index is 2.31. The quantitative estimate of drug-likeness (QED) is 0.674. The highest BCUT2D eigenvalue weighted by Gasteiger charge is 2.25. The van der Waals surface area contributed by atoms with Crippen molar-refractivity contribution >= 4 is 0 Å². The minimum Gasteiger partial charge on any atom is -0.488 e. The Morgan fingerprint density at radius 3 is 2.92 bits per heavy atom. The molecular formula is C10H12O3. The van der Waals surface area contributed by atoms with Crippen molar-refractivity contribution in [2.75, 3.05) is 6.61 Å². The molecule has 3 nitrogen and oxygen atoms in total. The highest BCUT2D eigenvalue weighted by Crippen LogP contribution is 2.33. The zero-order valence-corrected chi connectivity index (χ0v) is 7.18. The molecule has 1 aliphatic heterocycles. The van der Waals surface area contributed by atoms with Gasteiger partial charge in [0.05, 0.1) is 12.7 Å². The molecule has 1 unspecified atom stereocenters. The first kappa shape index (κ1) is 8.53. The molecule has 0 aliphatic carbocycles. The van der Waals surface area contributed by atoms with E-state index in [-0.39, 0.29) is 12.7 Å². The van der Waals surface area contributed by atoms with Crippen LogP contribution in [0.5, 0.6) is 5.75 Å². The third-order valence-electron chi connectivity index (χ3n) is 2.26. The zero-order valence-electron chi connectivity index (χ0n) is 7.18. The molecule has 13 heavy (non-hydrogen) atoms. The molecule has 1 heterocycles. The highest BCUT2D eigenvalue weighted by atomic mass is 16.5. The van der Waals surface area contributed by atoms with Crippen molar-refractivity contribution in [1.29, 1.82) is 0 Å². The lowest BCUT2D eigenvalue weighted by atomic mass is 9.99. The van der Waals surface area contributed by atoms with Gasteiger partial charge in [0.1, 0.15) is 11.9 Å². The Bertz CT molecular complexity index is 298. The Labute approximate surface area is 76.6 Å². The Morgan fingerprint density at radius 1 is 1.38 bits per heavy atom. The van der Waals surface area contributed by atoms with E-state index in [1.54, 1.807) is 6.07 Å². The van der Waals surface area contributed by atoms with Gasteiger partial charge in [0.15, 0.2) is 0 Å². The van der Waals surface area contributed by atoms with Crippen molar-refractivity contribution in [2.24, 2.45) is 0 Å². The van der Waals surface area contributed by atoms with Gasteiger partial charge in [-0.1, -0.05) is 18.2 Å². The van der Waals surface area contributed by atoms with Gasteiger partial charge in [0.25, 0.3) is 0 Å². The van der Waals surface area contributed by atoms with Gasteiger partial charge in [-0.2, -0.15) is 0 Å². The van der Waals surface area contributed by atoms with Crippen LogP contribution in [-0.4, -0.2) is 22.9 Å². The monoisotopic (exact) mass is 180 g/mol.